The van der Waals surface area contributed by atoms with Crippen LogP contribution in [0.1, 0.15) is 176 Å². The topological polar surface area (TPSA) is 10.1 Å². The maximum Gasteiger partial charge on any atom is 0.479 e. The van der Waals surface area contributed by atoms with Crippen molar-refractivity contribution in [3.63, 3.8) is 0 Å². The molecule has 1 unspecified atom stereocenters. The number of hydrogen-bond donors (Lipinski definition) is 0. The monoisotopic (exact) mass is 732 g/mol. The van der Waals surface area contributed by atoms with Crippen LogP contribution in [0.15, 0.2) is 48.5 Å². The molecule has 0 N–H and O–H groups in total. The average molecular weight is 732 g/mol. The van der Waals surface area contributed by atoms with E-state index in [0.29, 0.717) is 23.9 Å². The third-order valence-electron chi connectivity index (χ3n) is 15.4. The molecule has 55 heavy (non-hydrogen) atoms. The predicted octanol–water partition coefficient (Wildman–Crippen LogP) is 12.4. The van der Waals surface area contributed by atoms with Crippen molar-refractivity contribution >= 4 is 27.9 Å². The van der Waals surface area contributed by atoms with E-state index in [9.17, 15) is 0 Å². The Kier molecular flexibility index (Phi) is 7.72. The minimum atomic E-state index is -0.378. The molecule has 1 atom stereocenters. The molecule has 4 aromatic rings. The highest BCUT2D eigenvalue weighted by Crippen LogP contribution is 2.66. The van der Waals surface area contributed by atoms with Crippen LogP contribution < -0.4 is 4.57 Å². The van der Waals surface area contributed by atoms with Gasteiger partial charge in [0.2, 0.25) is 11.2 Å². The summed E-state index contributed by atoms with van der Waals surface area (Å²) >= 11 is 0. The lowest BCUT2D eigenvalue weighted by molar-refractivity contribution is -0.957. The number of amidine groups is 1. The van der Waals surface area contributed by atoms with E-state index >= 15 is 0 Å². The summed E-state index contributed by atoms with van der Waals surface area (Å²) in [6, 6.07) is 21.4. The van der Waals surface area contributed by atoms with Crippen LogP contribution in [0.5, 0.6) is 0 Å². The van der Waals surface area contributed by atoms with Crippen LogP contribution >= 0.6 is 0 Å². The number of fused-ring (bicyclic) bond motifs is 12. The molecule has 0 bridgehead atoms. The molecule has 3 heterocycles. The molecular formula is C52H65N3+2. The number of aromatic nitrogens is 1. The molecule has 0 radical (unpaired) electrons. The fourth-order valence-electron chi connectivity index (χ4n) is 13.4. The van der Waals surface area contributed by atoms with Crippen LogP contribution in [0.3, 0.4) is 0 Å². The first-order valence-corrected chi connectivity index (χ1v) is 22.2. The van der Waals surface area contributed by atoms with Gasteiger partial charge < -0.3 is 0 Å². The zero-order valence-electron chi connectivity index (χ0n) is 35.8. The maximum atomic E-state index is 3.05. The van der Waals surface area contributed by atoms with E-state index in [-0.39, 0.29) is 16.6 Å². The van der Waals surface area contributed by atoms with E-state index in [0.717, 1.165) is 0 Å². The van der Waals surface area contributed by atoms with Crippen molar-refractivity contribution in [2.24, 2.45) is 5.92 Å². The average Bonchev–Trinajstić information content (AvgIpc) is 3.67. The van der Waals surface area contributed by atoms with Crippen LogP contribution in [0.25, 0.3) is 33.3 Å². The minimum Gasteiger partial charge on any atom is -0.155 e. The number of aryl methyl sites for hydroxylation is 3. The largest absolute Gasteiger partial charge is 0.479 e. The maximum absolute atomic E-state index is 3.05. The summed E-state index contributed by atoms with van der Waals surface area (Å²) in [7, 11) is 0. The third kappa shape index (κ3) is 4.45. The van der Waals surface area contributed by atoms with E-state index in [1.165, 1.54) is 125 Å². The summed E-state index contributed by atoms with van der Waals surface area (Å²) in [4.78, 5) is 3.05. The van der Waals surface area contributed by atoms with Crippen molar-refractivity contribution in [2.45, 2.75) is 175 Å². The molecule has 2 saturated carbocycles. The van der Waals surface area contributed by atoms with Crippen molar-refractivity contribution in [1.29, 1.82) is 0 Å². The molecule has 0 amide bonds. The first kappa shape index (κ1) is 35.7. The molecule has 2 fully saturated rings. The van der Waals surface area contributed by atoms with Crippen LogP contribution in [0, 0.1) is 26.7 Å². The normalized spacial score (nSPS) is 23.9. The van der Waals surface area contributed by atoms with Gasteiger partial charge in [0.1, 0.15) is 17.6 Å². The van der Waals surface area contributed by atoms with Gasteiger partial charge in [0.15, 0.2) is 0 Å². The summed E-state index contributed by atoms with van der Waals surface area (Å²) in [5.74, 6) is 2.20. The van der Waals surface area contributed by atoms with Crippen molar-refractivity contribution in [2.75, 3.05) is 0 Å². The lowest BCUT2D eigenvalue weighted by atomic mass is 9.72. The molecular weight excluding hydrogens is 667 g/mol. The van der Waals surface area contributed by atoms with Gasteiger partial charge in [0.05, 0.1) is 16.9 Å². The van der Waals surface area contributed by atoms with E-state index in [1.54, 1.807) is 28.1 Å². The first-order valence-electron chi connectivity index (χ1n) is 22.2. The summed E-state index contributed by atoms with van der Waals surface area (Å²) < 4.78 is 5.99. The Morgan fingerprint density at radius 3 is 1.96 bits per heavy atom. The molecule has 1 aromatic heterocycles. The number of hydrogen-bond acceptors (Lipinski definition) is 1. The number of nitrogens with zero attached hydrogens (tertiary/aromatic N) is 3. The Labute approximate surface area is 331 Å². The quantitative estimate of drug-likeness (QED) is 0.190. The van der Waals surface area contributed by atoms with Gasteiger partial charge in [-0.05, 0) is 140 Å². The van der Waals surface area contributed by atoms with E-state index in [1.807, 2.05) is 0 Å². The smallest absolute Gasteiger partial charge is 0.155 e. The van der Waals surface area contributed by atoms with Gasteiger partial charge in [-0.3, -0.25) is 0 Å². The van der Waals surface area contributed by atoms with Gasteiger partial charge in [0.25, 0.3) is 5.84 Å². The molecule has 6 aliphatic rings. The van der Waals surface area contributed by atoms with Crippen molar-refractivity contribution in [1.82, 2.24) is 4.90 Å². The fourth-order valence-corrected chi connectivity index (χ4v) is 13.4. The van der Waals surface area contributed by atoms with Gasteiger partial charge in [0, 0.05) is 23.0 Å². The second-order valence-electron chi connectivity index (χ2n) is 20.4. The number of rotatable bonds is 4. The zero-order chi connectivity index (χ0) is 38.5. The predicted molar refractivity (Wildman–Crippen MR) is 230 cm³/mol. The number of allylic oxidation sites excluding steroid dienone is 2. The standard InChI is InChI=1S/C52H65N3/c1-30(2)35-22-24-40-39(29-35)48-47(50(40,8)9)38-23-25-41-45(46(38)51(48,10)11)43-28-34(7)44-33(6)26-32(5)27-42(44)55(43)52(41)53(36-18-14-12-15-19-36)49(31(3)4)54(52)37-20-16-13-17-21-37/h22-31,36-37H,12-21H2,1-11H3/q+2. The molecule has 0 saturated heterocycles. The summed E-state index contributed by atoms with van der Waals surface area (Å²) in [5, 5.41) is 1.44. The highest BCUT2D eigenvalue weighted by molar-refractivity contribution is 6.11. The van der Waals surface area contributed by atoms with Gasteiger partial charge >= 0.3 is 5.79 Å². The first-order chi connectivity index (χ1) is 26.2. The number of pyridine rings is 1. The summed E-state index contributed by atoms with van der Waals surface area (Å²) in [6.45, 7) is 26.9. The van der Waals surface area contributed by atoms with Gasteiger partial charge in [-0.25, -0.2) is 0 Å². The molecule has 4 aliphatic carbocycles. The third-order valence-corrected chi connectivity index (χ3v) is 15.4. The SMILES string of the molecule is Cc1cc(C)c2c(C)cc3[n+](c2c1)C1(c2ccc4c(c2-3)C(C)(C)C2=C4C(C)(C)c3ccc(C(C)C)cc32)N(C2CCCCC2)C(C(C)C)=[N+]1C1CCCCC1. The van der Waals surface area contributed by atoms with E-state index < -0.39 is 0 Å². The Balaban J connectivity index is 1.34. The highest BCUT2D eigenvalue weighted by Gasteiger charge is 2.78. The lowest BCUT2D eigenvalue weighted by Gasteiger charge is -2.50. The number of benzene rings is 3. The van der Waals surface area contributed by atoms with Gasteiger partial charge in [-0.2, -0.15) is 9.48 Å². The van der Waals surface area contributed by atoms with Crippen molar-refractivity contribution < 1.29 is 9.14 Å². The molecule has 2 aliphatic heterocycles. The van der Waals surface area contributed by atoms with Crippen LogP contribution in [0.2, 0.25) is 0 Å². The van der Waals surface area contributed by atoms with E-state index in [2.05, 4.69) is 139 Å². The highest BCUT2D eigenvalue weighted by atomic mass is 15.6. The van der Waals surface area contributed by atoms with Gasteiger partial charge in [-0.15, -0.1) is 4.57 Å². The molecule has 1 spiro atoms. The second kappa shape index (κ2) is 11.9. The Bertz CT molecular complexity index is 2390. The Morgan fingerprint density at radius 1 is 0.655 bits per heavy atom. The molecule has 3 nitrogen and oxygen atoms in total. The van der Waals surface area contributed by atoms with Crippen molar-refractivity contribution in [3.8, 4) is 11.3 Å². The zero-order valence-corrected chi connectivity index (χ0v) is 35.8. The summed E-state index contributed by atoms with van der Waals surface area (Å²) in [6.07, 6.45) is 13.3. The van der Waals surface area contributed by atoms with Crippen molar-refractivity contribution in [3.05, 3.63) is 98.6 Å². The minimum absolute atomic E-state index is 0.0615. The van der Waals surface area contributed by atoms with Crippen LogP contribution in [-0.2, 0) is 16.6 Å². The Morgan fingerprint density at radius 2 is 1.29 bits per heavy atom. The molecule has 286 valence electrons. The molecule has 3 heteroatoms. The Hall–Kier alpha value is -3.72. The molecule has 3 aromatic carbocycles. The second-order valence-corrected chi connectivity index (χ2v) is 20.4. The van der Waals surface area contributed by atoms with Crippen LogP contribution in [-0.4, -0.2) is 27.4 Å². The molecule has 10 rings (SSSR count). The van der Waals surface area contributed by atoms with Crippen LogP contribution in [0.4, 0.5) is 0 Å². The van der Waals surface area contributed by atoms with Gasteiger partial charge in [-0.1, -0.05) is 98.6 Å². The van der Waals surface area contributed by atoms with E-state index in [4.69, 9.17) is 0 Å². The fraction of sp³-hybridized carbons (Fsp3) is 0.538. The lowest BCUT2D eigenvalue weighted by Crippen LogP contribution is -2.84. The summed E-state index contributed by atoms with van der Waals surface area (Å²) in [5.41, 5.74) is 20.6.